The second-order valence-corrected chi connectivity index (χ2v) is 7.00. The van der Waals surface area contributed by atoms with Gasteiger partial charge >= 0.3 is 0 Å². The summed E-state index contributed by atoms with van der Waals surface area (Å²) in [5, 5.41) is 6.63. The fourth-order valence-electron chi connectivity index (χ4n) is 2.55. The molecule has 0 aliphatic heterocycles. The summed E-state index contributed by atoms with van der Waals surface area (Å²) in [4.78, 5) is 11.0. The van der Waals surface area contributed by atoms with Crippen LogP contribution < -0.4 is 5.32 Å². The first kappa shape index (κ1) is 19.4. The highest BCUT2D eigenvalue weighted by molar-refractivity contribution is 7.09. The van der Waals surface area contributed by atoms with Crippen molar-refractivity contribution in [2.45, 2.75) is 40.0 Å². The Hall–Kier alpha value is -1.92. The molecule has 2 rings (SSSR count). The highest BCUT2D eigenvalue weighted by Gasteiger charge is 2.10. The maximum absolute atomic E-state index is 5.70. The van der Waals surface area contributed by atoms with Gasteiger partial charge in [-0.15, -0.1) is 11.3 Å². The van der Waals surface area contributed by atoms with Crippen LogP contribution in [0, 0.1) is 6.92 Å². The van der Waals surface area contributed by atoms with E-state index in [9.17, 15) is 0 Å². The van der Waals surface area contributed by atoms with Crippen LogP contribution >= 0.6 is 11.3 Å². The zero-order valence-electron chi connectivity index (χ0n) is 15.6. The number of aromatic nitrogens is 1. The number of aliphatic imine (C=N–C) groups is 1. The molecule has 0 saturated heterocycles. The maximum Gasteiger partial charge on any atom is 0.194 e. The van der Waals surface area contributed by atoms with Crippen LogP contribution in [0.5, 0.6) is 0 Å². The second kappa shape index (κ2) is 10.2. The topological polar surface area (TPSA) is 49.8 Å². The summed E-state index contributed by atoms with van der Waals surface area (Å²) in [5.74, 6) is 0.856. The van der Waals surface area contributed by atoms with Crippen molar-refractivity contribution in [3.63, 3.8) is 0 Å². The molecular weight excluding hydrogens is 332 g/mol. The molecule has 2 aromatic rings. The summed E-state index contributed by atoms with van der Waals surface area (Å²) < 4.78 is 5.70. The first-order chi connectivity index (χ1) is 12.1. The van der Waals surface area contributed by atoms with E-state index in [1.165, 1.54) is 11.1 Å². The van der Waals surface area contributed by atoms with Crippen LogP contribution in [0.4, 0.5) is 0 Å². The maximum atomic E-state index is 5.70. The third kappa shape index (κ3) is 6.14. The average molecular weight is 361 g/mol. The Bertz CT molecular complexity index is 684. The van der Waals surface area contributed by atoms with Crippen molar-refractivity contribution in [1.82, 2.24) is 15.2 Å². The van der Waals surface area contributed by atoms with Crippen molar-refractivity contribution in [2.24, 2.45) is 4.99 Å². The third-order valence-corrected chi connectivity index (χ3v) is 4.62. The Labute approximate surface area is 154 Å². The SMILES string of the molecule is CCCOCc1ccccc1CNC(=NC)N(C)Cc1csc(C)n1. The van der Waals surface area contributed by atoms with Crippen LogP contribution in [0.3, 0.4) is 0 Å². The standard InChI is InChI=1S/C19H28N4OS/c1-5-10-24-13-17-9-7-6-8-16(17)11-21-19(20-3)23(4)12-18-14-25-15(2)22-18/h6-9,14H,5,10-13H2,1-4H3,(H,20,21). The molecule has 25 heavy (non-hydrogen) atoms. The number of hydrogen-bond donors (Lipinski definition) is 1. The number of ether oxygens (including phenoxy) is 1. The Morgan fingerprint density at radius 1 is 1.32 bits per heavy atom. The van der Waals surface area contributed by atoms with Gasteiger partial charge in [0.2, 0.25) is 0 Å². The van der Waals surface area contributed by atoms with E-state index < -0.39 is 0 Å². The van der Waals surface area contributed by atoms with Crippen LogP contribution in [-0.2, 0) is 24.4 Å². The van der Waals surface area contributed by atoms with Gasteiger partial charge in [0, 0.05) is 32.6 Å². The Morgan fingerprint density at radius 2 is 2.08 bits per heavy atom. The summed E-state index contributed by atoms with van der Waals surface area (Å²) in [7, 11) is 3.83. The quantitative estimate of drug-likeness (QED) is 0.444. The van der Waals surface area contributed by atoms with Crippen molar-refractivity contribution >= 4 is 17.3 Å². The summed E-state index contributed by atoms with van der Waals surface area (Å²) in [5.41, 5.74) is 3.52. The number of nitrogens with zero attached hydrogens (tertiary/aromatic N) is 3. The summed E-state index contributed by atoms with van der Waals surface area (Å²) in [6.07, 6.45) is 1.04. The molecule has 0 amide bonds. The number of benzene rings is 1. The second-order valence-electron chi connectivity index (χ2n) is 5.94. The normalized spacial score (nSPS) is 11.6. The lowest BCUT2D eigenvalue weighted by atomic mass is 10.1. The highest BCUT2D eigenvalue weighted by Crippen LogP contribution is 2.12. The first-order valence-electron chi connectivity index (χ1n) is 8.61. The van der Waals surface area contributed by atoms with Crippen molar-refractivity contribution < 1.29 is 4.74 Å². The molecule has 1 aromatic heterocycles. The van der Waals surface area contributed by atoms with Gasteiger partial charge in [-0.05, 0) is 24.5 Å². The number of aryl methyl sites for hydroxylation is 1. The smallest absolute Gasteiger partial charge is 0.194 e. The molecule has 136 valence electrons. The van der Waals surface area contributed by atoms with Gasteiger partial charge in [0.25, 0.3) is 0 Å². The number of guanidine groups is 1. The zero-order chi connectivity index (χ0) is 18.1. The average Bonchev–Trinajstić information content (AvgIpc) is 3.01. The molecule has 5 nitrogen and oxygen atoms in total. The number of thiazole rings is 1. The van der Waals surface area contributed by atoms with Crippen molar-refractivity contribution in [3.8, 4) is 0 Å². The molecule has 0 radical (unpaired) electrons. The van der Waals surface area contributed by atoms with Gasteiger partial charge in [-0.25, -0.2) is 4.98 Å². The minimum absolute atomic E-state index is 0.651. The molecule has 0 aliphatic rings. The number of hydrogen-bond acceptors (Lipinski definition) is 4. The third-order valence-electron chi connectivity index (χ3n) is 3.80. The van der Waals surface area contributed by atoms with E-state index in [0.717, 1.165) is 42.8 Å². The molecule has 1 aromatic carbocycles. The molecule has 0 fully saturated rings. The highest BCUT2D eigenvalue weighted by atomic mass is 32.1. The van der Waals surface area contributed by atoms with Gasteiger partial charge in [0.1, 0.15) is 0 Å². The fourth-order valence-corrected chi connectivity index (χ4v) is 3.16. The predicted octanol–water partition coefficient (Wildman–Crippen LogP) is 3.59. The van der Waals surface area contributed by atoms with Crippen LogP contribution in [0.25, 0.3) is 0 Å². The molecule has 0 aliphatic carbocycles. The molecule has 0 atom stereocenters. The van der Waals surface area contributed by atoms with Gasteiger partial charge in [-0.1, -0.05) is 31.2 Å². The van der Waals surface area contributed by atoms with Crippen molar-refractivity contribution in [1.29, 1.82) is 0 Å². The fraction of sp³-hybridized carbons (Fsp3) is 0.474. The Balaban J connectivity index is 1.94. The number of rotatable bonds is 8. The minimum Gasteiger partial charge on any atom is -0.377 e. The summed E-state index contributed by atoms with van der Waals surface area (Å²) in [6, 6.07) is 8.37. The molecule has 0 saturated carbocycles. The lowest BCUT2D eigenvalue weighted by molar-refractivity contribution is 0.121. The minimum atomic E-state index is 0.651. The lowest BCUT2D eigenvalue weighted by Crippen LogP contribution is -2.38. The molecule has 0 spiro atoms. The zero-order valence-corrected chi connectivity index (χ0v) is 16.4. The van der Waals surface area contributed by atoms with Gasteiger partial charge in [-0.3, -0.25) is 4.99 Å². The van der Waals surface area contributed by atoms with E-state index in [1.54, 1.807) is 18.4 Å². The number of nitrogens with one attached hydrogen (secondary N) is 1. The van der Waals surface area contributed by atoms with E-state index in [1.807, 2.05) is 14.0 Å². The largest absolute Gasteiger partial charge is 0.377 e. The Morgan fingerprint density at radius 3 is 2.72 bits per heavy atom. The molecular formula is C19H28N4OS. The van der Waals surface area contributed by atoms with E-state index >= 15 is 0 Å². The van der Waals surface area contributed by atoms with E-state index in [4.69, 9.17) is 4.74 Å². The van der Waals surface area contributed by atoms with Gasteiger partial charge in [-0.2, -0.15) is 0 Å². The van der Waals surface area contributed by atoms with E-state index in [2.05, 4.69) is 56.8 Å². The van der Waals surface area contributed by atoms with Crippen LogP contribution in [0.15, 0.2) is 34.6 Å². The van der Waals surface area contributed by atoms with E-state index in [-0.39, 0.29) is 0 Å². The summed E-state index contributed by atoms with van der Waals surface area (Å²) in [6.45, 7) is 7.05. The van der Waals surface area contributed by atoms with Crippen molar-refractivity contribution in [2.75, 3.05) is 20.7 Å². The van der Waals surface area contributed by atoms with Crippen LogP contribution in [0.1, 0.15) is 35.2 Å². The van der Waals surface area contributed by atoms with Crippen molar-refractivity contribution in [3.05, 3.63) is 51.5 Å². The predicted molar refractivity (Wildman–Crippen MR) is 105 cm³/mol. The van der Waals surface area contributed by atoms with Crippen LogP contribution in [0.2, 0.25) is 0 Å². The lowest BCUT2D eigenvalue weighted by Gasteiger charge is -2.22. The molecule has 1 N–H and O–H groups in total. The summed E-state index contributed by atoms with van der Waals surface area (Å²) >= 11 is 1.68. The first-order valence-corrected chi connectivity index (χ1v) is 9.49. The molecule has 0 bridgehead atoms. The molecule has 1 heterocycles. The molecule has 0 unspecified atom stereocenters. The van der Waals surface area contributed by atoms with Crippen LogP contribution in [-0.4, -0.2) is 36.5 Å². The Kier molecular flexibility index (Phi) is 7.88. The molecule has 6 heteroatoms. The van der Waals surface area contributed by atoms with Gasteiger partial charge in [0.15, 0.2) is 5.96 Å². The monoisotopic (exact) mass is 360 g/mol. The van der Waals surface area contributed by atoms with E-state index in [0.29, 0.717) is 6.61 Å². The van der Waals surface area contributed by atoms with Gasteiger partial charge in [0.05, 0.1) is 23.9 Å². The van der Waals surface area contributed by atoms with Gasteiger partial charge < -0.3 is 15.0 Å².